The molecule has 0 aliphatic heterocycles. The SMILES string of the molecule is CCCn1nccc1CN(CC(=O)O)CC(F)(F)F. The molecule has 0 saturated carbocycles. The van der Waals surface area contributed by atoms with E-state index in [0.717, 1.165) is 11.3 Å². The number of rotatable bonds is 7. The summed E-state index contributed by atoms with van der Waals surface area (Å²) < 4.78 is 38.7. The van der Waals surface area contributed by atoms with Crippen LogP contribution in [-0.4, -0.2) is 45.0 Å². The first-order valence-corrected chi connectivity index (χ1v) is 5.83. The Morgan fingerprint density at radius 1 is 1.53 bits per heavy atom. The average molecular weight is 279 g/mol. The van der Waals surface area contributed by atoms with Gasteiger partial charge < -0.3 is 5.11 Å². The van der Waals surface area contributed by atoms with E-state index < -0.39 is 25.2 Å². The highest BCUT2D eigenvalue weighted by molar-refractivity contribution is 5.69. The molecule has 8 heteroatoms. The molecule has 1 aromatic rings. The van der Waals surface area contributed by atoms with E-state index in [9.17, 15) is 18.0 Å². The smallest absolute Gasteiger partial charge is 0.401 e. The molecule has 0 saturated heterocycles. The normalized spacial score (nSPS) is 12.1. The topological polar surface area (TPSA) is 58.4 Å². The van der Waals surface area contributed by atoms with E-state index in [4.69, 9.17) is 5.11 Å². The lowest BCUT2D eigenvalue weighted by Crippen LogP contribution is -2.37. The Kier molecular flexibility index (Phi) is 5.34. The third-order valence-electron chi connectivity index (χ3n) is 2.39. The first-order valence-electron chi connectivity index (χ1n) is 5.83. The van der Waals surface area contributed by atoms with Gasteiger partial charge in [-0.1, -0.05) is 6.92 Å². The largest absolute Gasteiger partial charge is 0.480 e. The van der Waals surface area contributed by atoms with Crippen molar-refractivity contribution >= 4 is 5.97 Å². The van der Waals surface area contributed by atoms with Crippen LogP contribution in [0.25, 0.3) is 0 Å². The quantitative estimate of drug-likeness (QED) is 0.826. The van der Waals surface area contributed by atoms with Crippen LogP contribution in [0.3, 0.4) is 0 Å². The number of nitrogens with zero attached hydrogens (tertiary/aromatic N) is 3. The van der Waals surface area contributed by atoms with Gasteiger partial charge in [-0.15, -0.1) is 0 Å². The van der Waals surface area contributed by atoms with E-state index in [1.54, 1.807) is 10.7 Å². The fraction of sp³-hybridized carbons (Fsp3) is 0.636. The zero-order chi connectivity index (χ0) is 14.5. The summed E-state index contributed by atoms with van der Waals surface area (Å²) in [5, 5.41) is 12.6. The van der Waals surface area contributed by atoms with Gasteiger partial charge in [-0.2, -0.15) is 18.3 Å². The molecule has 0 atom stereocenters. The molecule has 0 aliphatic rings. The van der Waals surface area contributed by atoms with Crippen LogP contribution >= 0.6 is 0 Å². The van der Waals surface area contributed by atoms with Crippen LogP contribution in [0.2, 0.25) is 0 Å². The molecule has 0 amide bonds. The molecule has 0 aliphatic carbocycles. The van der Waals surface area contributed by atoms with E-state index in [1.807, 2.05) is 6.92 Å². The van der Waals surface area contributed by atoms with Gasteiger partial charge in [0.1, 0.15) is 0 Å². The Morgan fingerprint density at radius 2 is 2.21 bits per heavy atom. The molecule has 0 fully saturated rings. The fourth-order valence-corrected chi connectivity index (χ4v) is 1.75. The minimum Gasteiger partial charge on any atom is -0.480 e. The van der Waals surface area contributed by atoms with Crippen molar-refractivity contribution in [1.29, 1.82) is 0 Å². The Hall–Kier alpha value is -1.57. The minimum absolute atomic E-state index is 0.0915. The Bertz CT molecular complexity index is 418. The van der Waals surface area contributed by atoms with Crippen LogP contribution in [0, 0.1) is 0 Å². The number of carboxylic acid groups (broad SMARTS) is 1. The molecule has 19 heavy (non-hydrogen) atoms. The molecular formula is C11H16F3N3O2. The zero-order valence-electron chi connectivity index (χ0n) is 10.5. The lowest BCUT2D eigenvalue weighted by Gasteiger charge is -2.22. The molecule has 0 unspecified atom stereocenters. The minimum atomic E-state index is -4.43. The molecule has 108 valence electrons. The van der Waals surface area contributed by atoms with E-state index in [2.05, 4.69) is 5.10 Å². The van der Waals surface area contributed by atoms with Gasteiger partial charge >= 0.3 is 12.1 Å². The molecule has 5 nitrogen and oxygen atoms in total. The van der Waals surface area contributed by atoms with Gasteiger partial charge in [-0.05, 0) is 12.5 Å². The average Bonchev–Trinajstić information content (AvgIpc) is 2.62. The maximum atomic E-state index is 12.4. The molecule has 0 spiro atoms. The number of aromatic nitrogens is 2. The summed E-state index contributed by atoms with van der Waals surface area (Å²) in [5.74, 6) is -1.29. The third kappa shape index (κ3) is 5.73. The molecular weight excluding hydrogens is 263 g/mol. The molecule has 1 aromatic heterocycles. The second-order valence-electron chi connectivity index (χ2n) is 4.20. The first-order chi connectivity index (χ1) is 8.81. The Labute approximate surface area is 108 Å². The van der Waals surface area contributed by atoms with Gasteiger partial charge in [0.2, 0.25) is 0 Å². The first kappa shape index (κ1) is 15.5. The summed E-state index contributed by atoms with van der Waals surface area (Å²) in [6.45, 7) is 0.519. The van der Waals surface area contributed by atoms with E-state index in [1.165, 1.54) is 6.20 Å². The van der Waals surface area contributed by atoms with Gasteiger partial charge in [0.05, 0.1) is 18.8 Å². The number of alkyl halides is 3. The highest BCUT2D eigenvalue weighted by Gasteiger charge is 2.31. The van der Waals surface area contributed by atoms with Crippen molar-refractivity contribution in [2.45, 2.75) is 32.6 Å². The Morgan fingerprint density at radius 3 is 2.74 bits per heavy atom. The van der Waals surface area contributed by atoms with Crippen molar-refractivity contribution < 1.29 is 23.1 Å². The van der Waals surface area contributed by atoms with Crippen molar-refractivity contribution in [3.63, 3.8) is 0 Å². The molecule has 0 radical (unpaired) electrons. The number of hydrogen-bond acceptors (Lipinski definition) is 3. The van der Waals surface area contributed by atoms with Crippen LogP contribution in [0.5, 0.6) is 0 Å². The van der Waals surface area contributed by atoms with Crippen molar-refractivity contribution in [2.75, 3.05) is 13.1 Å². The lowest BCUT2D eigenvalue weighted by atomic mass is 10.3. The van der Waals surface area contributed by atoms with Crippen molar-refractivity contribution in [3.05, 3.63) is 18.0 Å². The molecule has 0 aromatic carbocycles. The summed E-state index contributed by atoms with van der Waals surface area (Å²) in [7, 11) is 0. The third-order valence-corrected chi connectivity index (χ3v) is 2.39. The maximum absolute atomic E-state index is 12.4. The number of carbonyl (C=O) groups is 1. The van der Waals surface area contributed by atoms with Gasteiger partial charge in [0.25, 0.3) is 0 Å². The molecule has 1 heterocycles. The van der Waals surface area contributed by atoms with Crippen LogP contribution in [-0.2, 0) is 17.9 Å². The summed E-state index contributed by atoms with van der Waals surface area (Å²) in [6.07, 6.45) is -2.13. The standard InChI is InChI=1S/C11H16F3N3O2/c1-2-5-17-9(3-4-15-17)6-16(7-10(18)19)8-11(12,13)14/h3-4H,2,5-8H2,1H3,(H,18,19). The number of carboxylic acids is 1. The summed E-state index contributed by atoms with van der Waals surface area (Å²) >= 11 is 0. The van der Waals surface area contributed by atoms with E-state index in [-0.39, 0.29) is 6.54 Å². The number of hydrogen-bond donors (Lipinski definition) is 1. The predicted molar refractivity (Wildman–Crippen MR) is 61.5 cm³/mol. The predicted octanol–water partition coefficient (Wildman–Crippen LogP) is 1.74. The van der Waals surface area contributed by atoms with Crippen LogP contribution in [0.4, 0.5) is 13.2 Å². The van der Waals surface area contributed by atoms with Crippen LogP contribution in [0.15, 0.2) is 12.3 Å². The lowest BCUT2D eigenvalue weighted by molar-refractivity contribution is -0.155. The number of halogens is 3. The van der Waals surface area contributed by atoms with Crippen molar-refractivity contribution in [2.24, 2.45) is 0 Å². The molecule has 1 N–H and O–H groups in total. The van der Waals surface area contributed by atoms with Gasteiger partial charge in [0, 0.05) is 19.3 Å². The van der Waals surface area contributed by atoms with Gasteiger partial charge in [0.15, 0.2) is 0 Å². The van der Waals surface area contributed by atoms with Gasteiger partial charge in [-0.25, -0.2) is 0 Å². The highest BCUT2D eigenvalue weighted by Crippen LogP contribution is 2.18. The summed E-state index contributed by atoms with van der Waals surface area (Å²) in [6, 6.07) is 1.60. The Balaban J connectivity index is 2.75. The van der Waals surface area contributed by atoms with Gasteiger partial charge in [-0.3, -0.25) is 14.4 Å². The molecule has 0 bridgehead atoms. The van der Waals surface area contributed by atoms with Crippen LogP contribution < -0.4 is 0 Å². The summed E-state index contributed by atoms with van der Waals surface area (Å²) in [4.78, 5) is 11.4. The number of aliphatic carboxylic acids is 1. The highest BCUT2D eigenvalue weighted by atomic mass is 19.4. The maximum Gasteiger partial charge on any atom is 0.401 e. The van der Waals surface area contributed by atoms with E-state index in [0.29, 0.717) is 12.2 Å². The van der Waals surface area contributed by atoms with Crippen molar-refractivity contribution in [1.82, 2.24) is 14.7 Å². The van der Waals surface area contributed by atoms with Crippen molar-refractivity contribution in [3.8, 4) is 0 Å². The zero-order valence-corrected chi connectivity index (χ0v) is 10.5. The monoisotopic (exact) mass is 279 g/mol. The summed E-state index contributed by atoms with van der Waals surface area (Å²) in [5.41, 5.74) is 0.576. The second kappa shape index (κ2) is 6.55. The van der Waals surface area contributed by atoms with E-state index >= 15 is 0 Å². The molecule has 1 rings (SSSR count). The second-order valence-corrected chi connectivity index (χ2v) is 4.20. The number of aryl methyl sites for hydroxylation is 1. The van der Waals surface area contributed by atoms with Crippen LogP contribution in [0.1, 0.15) is 19.0 Å². The fourth-order valence-electron chi connectivity index (χ4n) is 1.75.